The van der Waals surface area contributed by atoms with Gasteiger partial charge in [-0.1, -0.05) is 33.1 Å². The summed E-state index contributed by atoms with van der Waals surface area (Å²) in [6.45, 7) is 4.38. The first kappa shape index (κ1) is 24.6. The lowest BCUT2D eigenvalue weighted by Gasteiger charge is -2.29. The van der Waals surface area contributed by atoms with Crippen molar-refractivity contribution in [3.05, 3.63) is 58.7 Å². The first-order valence-electron chi connectivity index (χ1n) is 11.0. The number of benzene rings is 2. The highest BCUT2D eigenvalue weighted by Crippen LogP contribution is 2.41. The van der Waals surface area contributed by atoms with Gasteiger partial charge in [0.1, 0.15) is 28.8 Å². The highest BCUT2D eigenvalue weighted by Gasteiger charge is 2.38. The third-order valence-corrected chi connectivity index (χ3v) is 6.39. The summed E-state index contributed by atoms with van der Waals surface area (Å²) in [5.41, 5.74) is -2.95. The van der Waals surface area contributed by atoms with Gasteiger partial charge in [0, 0.05) is 0 Å². The van der Waals surface area contributed by atoms with Crippen molar-refractivity contribution < 1.29 is 30.7 Å². The molecule has 2 aromatic rings. The van der Waals surface area contributed by atoms with E-state index in [0.29, 0.717) is 29.5 Å². The lowest BCUT2D eigenvalue weighted by Crippen LogP contribution is -2.14. The predicted molar refractivity (Wildman–Crippen MR) is 110 cm³/mol. The summed E-state index contributed by atoms with van der Waals surface area (Å²) in [5, 5.41) is 0. The fourth-order valence-corrected chi connectivity index (χ4v) is 4.69. The number of alkyl halides is 3. The van der Waals surface area contributed by atoms with Crippen LogP contribution in [0.4, 0.5) is 30.7 Å². The smallest absolute Gasteiger partial charge is 0.206 e. The SMILES string of the molecule is CC(C)CCCC1CCC(c2cc(F)c(-c3cc(F)c(C(F)(F)F)c(F)c3)c(F)c2)CC1. The molecule has 176 valence electrons. The van der Waals surface area contributed by atoms with E-state index >= 15 is 0 Å². The van der Waals surface area contributed by atoms with Gasteiger partial charge in [0.2, 0.25) is 0 Å². The van der Waals surface area contributed by atoms with Crippen LogP contribution in [0, 0.1) is 35.1 Å². The van der Waals surface area contributed by atoms with E-state index in [-0.39, 0.29) is 5.92 Å². The van der Waals surface area contributed by atoms with E-state index in [1.165, 1.54) is 12.8 Å². The number of halogens is 7. The quantitative estimate of drug-likeness (QED) is 0.377. The third-order valence-electron chi connectivity index (χ3n) is 6.39. The third kappa shape index (κ3) is 5.65. The van der Waals surface area contributed by atoms with E-state index in [9.17, 15) is 30.7 Å². The number of hydrogen-bond donors (Lipinski definition) is 0. The van der Waals surface area contributed by atoms with Gasteiger partial charge in [0.25, 0.3) is 0 Å². The lowest BCUT2D eigenvalue weighted by molar-refractivity contribution is -0.142. The summed E-state index contributed by atoms with van der Waals surface area (Å²) >= 11 is 0. The van der Waals surface area contributed by atoms with Crippen LogP contribution in [0.5, 0.6) is 0 Å². The monoisotopic (exact) mass is 460 g/mol. The van der Waals surface area contributed by atoms with Gasteiger partial charge < -0.3 is 0 Å². The van der Waals surface area contributed by atoms with E-state index in [0.717, 1.165) is 44.2 Å². The largest absolute Gasteiger partial charge is 0.422 e. The van der Waals surface area contributed by atoms with E-state index in [1.54, 1.807) is 0 Å². The fourth-order valence-electron chi connectivity index (χ4n) is 4.69. The van der Waals surface area contributed by atoms with Crippen LogP contribution >= 0.6 is 0 Å². The Morgan fingerprint density at radius 1 is 0.812 bits per heavy atom. The second kappa shape index (κ2) is 9.84. The molecule has 1 aliphatic carbocycles. The van der Waals surface area contributed by atoms with Gasteiger partial charge in [-0.25, -0.2) is 17.6 Å². The van der Waals surface area contributed by atoms with Gasteiger partial charge in [-0.2, -0.15) is 13.2 Å². The Morgan fingerprint density at radius 3 is 1.81 bits per heavy atom. The molecule has 0 atom stereocenters. The first-order chi connectivity index (χ1) is 15.0. The highest BCUT2D eigenvalue weighted by atomic mass is 19.4. The molecule has 0 spiro atoms. The maximum Gasteiger partial charge on any atom is 0.422 e. The van der Waals surface area contributed by atoms with Crippen LogP contribution in [-0.4, -0.2) is 0 Å². The molecule has 0 saturated heterocycles. The van der Waals surface area contributed by atoms with E-state index < -0.39 is 46.1 Å². The van der Waals surface area contributed by atoms with Crippen molar-refractivity contribution in [3.8, 4) is 11.1 Å². The number of hydrogen-bond acceptors (Lipinski definition) is 0. The summed E-state index contributed by atoms with van der Waals surface area (Å²) in [5.74, 6) is -4.65. The minimum absolute atomic E-state index is 0.0181. The maximum absolute atomic E-state index is 14.8. The molecule has 0 N–H and O–H groups in total. The zero-order valence-electron chi connectivity index (χ0n) is 18.1. The van der Waals surface area contributed by atoms with Crippen LogP contribution in [0.2, 0.25) is 0 Å². The van der Waals surface area contributed by atoms with Crippen molar-refractivity contribution in [1.29, 1.82) is 0 Å². The van der Waals surface area contributed by atoms with Gasteiger partial charge in [0.05, 0.1) is 5.56 Å². The van der Waals surface area contributed by atoms with Gasteiger partial charge in [-0.15, -0.1) is 0 Å². The Hall–Kier alpha value is -2.05. The van der Waals surface area contributed by atoms with Crippen LogP contribution in [0.25, 0.3) is 11.1 Å². The molecule has 2 aromatic carbocycles. The Kier molecular flexibility index (Phi) is 7.56. The van der Waals surface area contributed by atoms with Crippen LogP contribution in [0.3, 0.4) is 0 Å². The molecule has 0 heterocycles. The maximum atomic E-state index is 14.8. The van der Waals surface area contributed by atoms with Crippen molar-refractivity contribution >= 4 is 0 Å². The molecular formula is C25H27F7. The van der Waals surface area contributed by atoms with Gasteiger partial charge in [-0.3, -0.25) is 0 Å². The summed E-state index contributed by atoms with van der Waals surface area (Å²) in [6, 6.07) is 2.90. The molecule has 1 fully saturated rings. The highest BCUT2D eigenvalue weighted by molar-refractivity contribution is 5.66. The zero-order chi connectivity index (χ0) is 23.6. The minimum Gasteiger partial charge on any atom is -0.206 e. The van der Waals surface area contributed by atoms with Crippen molar-refractivity contribution in [3.63, 3.8) is 0 Å². The first-order valence-corrected chi connectivity index (χ1v) is 11.0. The molecule has 7 heteroatoms. The number of rotatable bonds is 6. The Bertz CT molecular complexity index is 892. The molecule has 0 aliphatic heterocycles. The zero-order valence-corrected chi connectivity index (χ0v) is 18.1. The second-order valence-corrected chi connectivity index (χ2v) is 9.21. The summed E-state index contributed by atoms with van der Waals surface area (Å²) in [4.78, 5) is 0. The summed E-state index contributed by atoms with van der Waals surface area (Å²) in [7, 11) is 0. The van der Waals surface area contributed by atoms with E-state index in [1.807, 2.05) is 0 Å². The van der Waals surface area contributed by atoms with Crippen LogP contribution in [0.1, 0.15) is 75.8 Å². The molecule has 0 nitrogen and oxygen atoms in total. The Morgan fingerprint density at radius 2 is 1.34 bits per heavy atom. The van der Waals surface area contributed by atoms with Crippen LogP contribution < -0.4 is 0 Å². The van der Waals surface area contributed by atoms with Crippen molar-refractivity contribution in [1.82, 2.24) is 0 Å². The summed E-state index contributed by atoms with van der Waals surface area (Å²) < 4.78 is 95.6. The predicted octanol–water partition coefficient (Wildman–Crippen LogP) is 9.03. The second-order valence-electron chi connectivity index (χ2n) is 9.21. The van der Waals surface area contributed by atoms with Crippen LogP contribution in [0.15, 0.2) is 24.3 Å². The van der Waals surface area contributed by atoms with Crippen molar-refractivity contribution in [2.75, 3.05) is 0 Å². The molecule has 32 heavy (non-hydrogen) atoms. The van der Waals surface area contributed by atoms with Gasteiger partial charge in [0.15, 0.2) is 0 Å². The summed E-state index contributed by atoms with van der Waals surface area (Å²) in [6.07, 6.45) is 1.81. The average molecular weight is 460 g/mol. The molecule has 0 radical (unpaired) electrons. The fraction of sp³-hybridized carbons (Fsp3) is 0.520. The van der Waals surface area contributed by atoms with E-state index in [2.05, 4.69) is 13.8 Å². The van der Waals surface area contributed by atoms with Crippen LogP contribution in [-0.2, 0) is 6.18 Å². The Labute approximate surface area is 183 Å². The van der Waals surface area contributed by atoms with Crippen molar-refractivity contribution in [2.24, 2.45) is 11.8 Å². The molecule has 1 aliphatic rings. The molecular weight excluding hydrogens is 433 g/mol. The average Bonchev–Trinajstić information content (AvgIpc) is 2.66. The van der Waals surface area contributed by atoms with E-state index in [4.69, 9.17) is 0 Å². The molecule has 1 saturated carbocycles. The standard InChI is InChI=1S/C25H27F7/c1-14(2)4-3-5-15-6-8-16(9-7-15)17-10-19(26)23(20(27)11-17)18-12-21(28)24(22(29)13-18)25(30,31)32/h10-16H,3-9H2,1-2H3. The molecule has 0 amide bonds. The molecule has 0 aromatic heterocycles. The molecule has 0 bridgehead atoms. The Balaban J connectivity index is 1.77. The normalized spacial score (nSPS) is 19.6. The molecule has 0 unspecified atom stereocenters. The topological polar surface area (TPSA) is 0 Å². The molecule has 3 rings (SSSR count). The van der Waals surface area contributed by atoms with Gasteiger partial charge in [-0.05, 0) is 78.8 Å². The van der Waals surface area contributed by atoms with Crippen molar-refractivity contribution in [2.45, 2.75) is 70.9 Å². The minimum atomic E-state index is -5.25. The van der Waals surface area contributed by atoms with Gasteiger partial charge >= 0.3 is 6.18 Å². The lowest BCUT2D eigenvalue weighted by atomic mass is 9.76.